The molecule has 0 radical (unpaired) electrons. The molecule has 12 nitrogen and oxygen atoms in total. The molecular formula is C22H25N7O5. The number of hydrogen-bond acceptors (Lipinski definition) is 7. The highest BCUT2D eigenvalue weighted by Crippen LogP contribution is 2.29. The van der Waals surface area contributed by atoms with E-state index in [1.807, 2.05) is 0 Å². The van der Waals surface area contributed by atoms with Gasteiger partial charge in [-0.15, -0.1) is 0 Å². The monoisotopic (exact) mass is 467 g/mol. The second-order valence-electron chi connectivity index (χ2n) is 8.24. The summed E-state index contributed by atoms with van der Waals surface area (Å²) in [5, 5.41) is 16.3. The van der Waals surface area contributed by atoms with Gasteiger partial charge in [0.05, 0.1) is 28.6 Å². The molecule has 1 saturated carbocycles. The first-order valence-corrected chi connectivity index (χ1v) is 10.7. The van der Waals surface area contributed by atoms with Gasteiger partial charge < -0.3 is 37.1 Å². The van der Waals surface area contributed by atoms with E-state index in [0.29, 0.717) is 29.8 Å². The highest BCUT2D eigenvalue weighted by Gasteiger charge is 2.33. The van der Waals surface area contributed by atoms with E-state index >= 15 is 0 Å². The Morgan fingerprint density at radius 2 is 2.03 bits per heavy atom. The normalized spacial score (nSPS) is 18.9. The fourth-order valence-electron chi connectivity index (χ4n) is 4.17. The molecule has 0 spiro atoms. The lowest BCUT2D eigenvalue weighted by Gasteiger charge is -2.18. The minimum atomic E-state index is -0.705. The van der Waals surface area contributed by atoms with Gasteiger partial charge in [0.1, 0.15) is 11.5 Å². The highest BCUT2D eigenvalue weighted by atomic mass is 16.5. The summed E-state index contributed by atoms with van der Waals surface area (Å²) in [5.41, 5.74) is 12.2. The Bertz CT molecular complexity index is 1190. The zero-order valence-electron chi connectivity index (χ0n) is 18.2. The molecule has 178 valence electrons. The number of anilines is 2. The van der Waals surface area contributed by atoms with Gasteiger partial charge in [0, 0.05) is 18.8 Å². The molecule has 2 aromatic rings. The smallest absolute Gasteiger partial charge is 0.271 e. The van der Waals surface area contributed by atoms with Crippen LogP contribution in [0.3, 0.4) is 0 Å². The maximum atomic E-state index is 12.7. The number of ether oxygens (including phenoxy) is 1. The molecule has 1 aromatic heterocycles. The van der Waals surface area contributed by atoms with Gasteiger partial charge in [-0.25, -0.2) is 0 Å². The Morgan fingerprint density at radius 1 is 1.24 bits per heavy atom. The van der Waals surface area contributed by atoms with Crippen LogP contribution in [-0.4, -0.2) is 47.0 Å². The molecule has 1 aliphatic heterocycles. The van der Waals surface area contributed by atoms with E-state index in [4.69, 9.17) is 21.6 Å². The lowest BCUT2D eigenvalue weighted by Crippen LogP contribution is -2.42. The molecule has 0 saturated heterocycles. The first kappa shape index (κ1) is 22.8. The van der Waals surface area contributed by atoms with Gasteiger partial charge in [-0.05, 0) is 30.5 Å². The Labute approximate surface area is 194 Å². The van der Waals surface area contributed by atoms with E-state index in [1.165, 1.54) is 6.20 Å². The Morgan fingerprint density at radius 3 is 2.79 bits per heavy atom. The predicted octanol–water partition coefficient (Wildman–Crippen LogP) is -0.00413. The van der Waals surface area contributed by atoms with Crippen LogP contribution in [0.25, 0.3) is 0 Å². The molecule has 1 aliphatic carbocycles. The van der Waals surface area contributed by atoms with Crippen LogP contribution in [0.4, 0.5) is 11.4 Å². The van der Waals surface area contributed by atoms with Crippen molar-refractivity contribution < 1.29 is 23.9 Å². The standard InChI is InChI=1S/C22H25N7O5/c23-17-12(21(32)29-13-3-1-2-11(13)20(25)31)8-26-19(17)18(24)22(33)27-7-10-4-5-15-14(6-10)28-16(30)9-34-15/h4-6,8,11,13,24,26H,1-3,7,9,23H2,(H2,25,31)(H,27,33)(H,28,30)(H,29,32)/t11-,13?/m1/s1. The molecule has 2 atom stereocenters. The number of amides is 4. The summed E-state index contributed by atoms with van der Waals surface area (Å²) >= 11 is 0. The number of carbonyl (C=O) groups is 4. The molecular weight excluding hydrogens is 442 g/mol. The average molecular weight is 467 g/mol. The molecule has 0 bridgehead atoms. The van der Waals surface area contributed by atoms with Crippen LogP contribution in [0.15, 0.2) is 24.4 Å². The molecule has 1 fully saturated rings. The zero-order chi connectivity index (χ0) is 24.4. The summed E-state index contributed by atoms with van der Waals surface area (Å²) in [4.78, 5) is 50.9. The second kappa shape index (κ2) is 9.25. The number of primary amides is 1. The SMILES string of the molecule is N=C(C(=O)NCc1ccc2c(c1)NC(=O)CO2)c1[nH]cc(C(=O)NC2CCC[C@H]2C(N)=O)c1N. The van der Waals surface area contributed by atoms with Crippen molar-refractivity contribution >= 4 is 40.7 Å². The number of hydrogen-bond donors (Lipinski definition) is 7. The number of aromatic amines is 1. The summed E-state index contributed by atoms with van der Waals surface area (Å²) in [7, 11) is 0. The van der Waals surface area contributed by atoms with Gasteiger partial charge in [0.25, 0.3) is 17.7 Å². The van der Waals surface area contributed by atoms with Crippen LogP contribution >= 0.6 is 0 Å². The number of fused-ring (bicyclic) bond motifs is 1. The summed E-state index contributed by atoms with van der Waals surface area (Å²) in [6.07, 6.45) is 3.35. The summed E-state index contributed by atoms with van der Waals surface area (Å²) in [6, 6.07) is 4.71. The molecule has 2 heterocycles. The summed E-state index contributed by atoms with van der Waals surface area (Å²) in [5.74, 6) is -1.84. The van der Waals surface area contributed by atoms with Crippen LogP contribution in [0.2, 0.25) is 0 Å². The molecule has 9 N–H and O–H groups in total. The number of carbonyl (C=O) groups excluding carboxylic acids is 4. The van der Waals surface area contributed by atoms with E-state index < -0.39 is 29.4 Å². The topological polar surface area (TPSA) is 205 Å². The number of aromatic nitrogens is 1. The molecule has 4 amide bonds. The largest absolute Gasteiger partial charge is 0.482 e. The van der Waals surface area contributed by atoms with Crippen LogP contribution in [0.1, 0.15) is 40.9 Å². The van der Waals surface area contributed by atoms with E-state index in [2.05, 4.69) is 20.9 Å². The van der Waals surface area contributed by atoms with Crippen LogP contribution < -0.4 is 32.2 Å². The molecule has 34 heavy (non-hydrogen) atoms. The zero-order valence-corrected chi connectivity index (χ0v) is 18.2. The Balaban J connectivity index is 1.38. The highest BCUT2D eigenvalue weighted by molar-refractivity contribution is 6.44. The quantitative estimate of drug-likeness (QED) is 0.279. The minimum absolute atomic E-state index is 0.00614. The lowest BCUT2D eigenvalue weighted by molar-refractivity contribution is -0.122. The fraction of sp³-hybridized carbons (Fsp3) is 0.318. The summed E-state index contributed by atoms with van der Waals surface area (Å²) in [6.45, 7) is 0.0404. The van der Waals surface area contributed by atoms with E-state index in [9.17, 15) is 19.2 Å². The number of nitrogens with one attached hydrogen (secondary N) is 5. The fourth-order valence-corrected chi connectivity index (χ4v) is 4.17. The third-order valence-corrected chi connectivity index (χ3v) is 5.97. The number of nitrogens with two attached hydrogens (primary N) is 2. The number of rotatable bonds is 7. The third-order valence-electron chi connectivity index (χ3n) is 5.97. The van der Waals surface area contributed by atoms with Gasteiger partial charge in [0.15, 0.2) is 6.61 Å². The molecule has 2 aliphatic rings. The van der Waals surface area contributed by atoms with Crippen molar-refractivity contribution in [3.63, 3.8) is 0 Å². The van der Waals surface area contributed by atoms with Crippen molar-refractivity contribution in [2.75, 3.05) is 17.7 Å². The molecule has 1 unspecified atom stereocenters. The van der Waals surface area contributed by atoms with E-state index in [-0.39, 0.29) is 42.0 Å². The molecule has 1 aromatic carbocycles. The Kier molecular flexibility index (Phi) is 6.21. The van der Waals surface area contributed by atoms with Crippen molar-refractivity contribution in [3.8, 4) is 5.75 Å². The molecule has 12 heteroatoms. The third kappa shape index (κ3) is 4.56. The summed E-state index contributed by atoms with van der Waals surface area (Å²) < 4.78 is 5.30. The van der Waals surface area contributed by atoms with Gasteiger partial charge >= 0.3 is 0 Å². The first-order valence-electron chi connectivity index (χ1n) is 10.7. The maximum absolute atomic E-state index is 12.7. The minimum Gasteiger partial charge on any atom is -0.482 e. The number of benzene rings is 1. The van der Waals surface area contributed by atoms with Crippen molar-refractivity contribution in [2.24, 2.45) is 11.7 Å². The van der Waals surface area contributed by atoms with Crippen molar-refractivity contribution in [1.29, 1.82) is 5.41 Å². The van der Waals surface area contributed by atoms with Crippen molar-refractivity contribution in [1.82, 2.24) is 15.6 Å². The second-order valence-corrected chi connectivity index (χ2v) is 8.24. The van der Waals surface area contributed by atoms with E-state index in [1.54, 1.807) is 18.2 Å². The van der Waals surface area contributed by atoms with Crippen LogP contribution in [0.5, 0.6) is 5.75 Å². The van der Waals surface area contributed by atoms with Crippen molar-refractivity contribution in [3.05, 3.63) is 41.2 Å². The predicted molar refractivity (Wildman–Crippen MR) is 122 cm³/mol. The first-order chi connectivity index (χ1) is 16.2. The van der Waals surface area contributed by atoms with E-state index in [0.717, 1.165) is 6.42 Å². The Hall–Kier alpha value is -4.35. The van der Waals surface area contributed by atoms with Crippen LogP contribution in [-0.2, 0) is 20.9 Å². The van der Waals surface area contributed by atoms with Crippen molar-refractivity contribution in [2.45, 2.75) is 31.8 Å². The van der Waals surface area contributed by atoms with Gasteiger partial charge in [-0.1, -0.05) is 12.5 Å². The van der Waals surface area contributed by atoms with Gasteiger partial charge in [0.2, 0.25) is 5.91 Å². The molecule has 4 rings (SSSR count). The number of H-pyrrole nitrogens is 1. The van der Waals surface area contributed by atoms with Gasteiger partial charge in [-0.2, -0.15) is 0 Å². The lowest BCUT2D eigenvalue weighted by atomic mass is 10.0. The van der Waals surface area contributed by atoms with Gasteiger partial charge in [-0.3, -0.25) is 24.6 Å². The average Bonchev–Trinajstić information content (AvgIpc) is 3.43. The van der Waals surface area contributed by atoms with Crippen LogP contribution in [0, 0.1) is 11.3 Å². The maximum Gasteiger partial charge on any atom is 0.271 e. The number of nitrogen functional groups attached to an aromatic ring is 1.